The van der Waals surface area contributed by atoms with Crippen LogP contribution in [0.25, 0.3) is 0 Å². The summed E-state index contributed by atoms with van der Waals surface area (Å²) in [7, 11) is 3.07. The van der Waals surface area contributed by atoms with E-state index < -0.39 is 0 Å². The van der Waals surface area contributed by atoms with Crippen molar-refractivity contribution in [3.8, 4) is 11.5 Å². The molecular weight excluding hydrogens is 388 g/mol. The van der Waals surface area contributed by atoms with E-state index in [1.807, 2.05) is 6.92 Å². The van der Waals surface area contributed by atoms with Crippen LogP contribution >= 0.6 is 0 Å². The topological polar surface area (TPSA) is 94.0 Å². The van der Waals surface area contributed by atoms with Crippen LogP contribution in [0, 0.1) is 0 Å². The predicted octanol–water partition coefficient (Wildman–Crippen LogP) is 1.27. The van der Waals surface area contributed by atoms with Gasteiger partial charge < -0.3 is 19.3 Å². The van der Waals surface area contributed by atoms with Crippen LogP contribution in [0.2, 0.25) is 0 Å². The monoisotopic (exact) mass is 414 g/mol. The second-order valence-corrected chi connectivity index (χ2v) is 6.97. The number of aryl methyl sites for hydroxylation is 1. The minimum Gasteiger partial charge on any atom is -0.497 e. The van der Waals surface area contributed by atoms with E-state index >= 15 is 0 Å². The molecule has 3 rings (SSSR count). The summed E-state index contributed by atoms with van der Waals surface area (Å²) in [5.41, 5.74) is 0.483. The first kappa shape index (κ1) is 21.4. The molecule has 0 bridgehead atoms. The van der Waals surface area contributed by atoms with Gasteiger partial charge in [-0.25, -0.2) is 4.68 Å². The standard InChI is InChI=1S/C21H26N4O5/c1-4-7-25-19(26)6-5-18(22-25)21(28)24-10-8-23(9-11-24)20(27)15-12-16(29-2)14-17(13-15)30-3/h5-6,12-14H,4,7-11H2,1-3H3. The smallest absolute Gasteiger partial charge is 0.274 e. The van der Waals surface area contributed by atoms with Crippen LogP contribution in [0.4, 0.5) is 0 Å². The lowest BCUT2D eigenvalue weighted by Gasteiger charge is -2.34. The van der Waals surface area contributed by atoms with Crippen LogP contribution in [-0.4, -0.2) is 71.8 Å². The zero-order valence-electron chi connectivity index (χ0n) is 17.5. The minimum absolute atomic E-state index is 0.145. The summed E-state index contributed by atoms with van der Waals surface area (Å²) in [6, 6.07) is 7.87. The number of methoxy groups -OCH3 is 2. The number of ether oxygens (including phenoxy) is 2. The van der Waals surface area contributed by atoms with Crippen LogP contribution in [0.3, 0.4) is 0 Å². The van der Waals surface area contributed by atoms with Gasteiger partial charge in [0.15, 0.2) is 0 Å². The highest BCUT2D eigenvalue weighted by Crippen LogP contribution is 2.24. The Kier molecular flexibility index (Phi) is 6.71. The van der Waals surface area contributed by atoms with Crippen molar-refractivity contribution in [2.45, 2.75) is 19.9 Å². The number of carbonyl (C=O) groups excluding carboxylic acids is 2. The van der Waals surface area contributed by atoms with Crippen molar-refractivity contribution in [3.63, 3.8) is 0 Å². The number of benzene rings is 1. The molecule has 0 N–H and O–H groups in total. The maximum Gasteiger partial charge on any atom is 0.274 e. The highest BCUT2D eigenvalue weighted by Gasteiger charge is 2.27. The highest BCUT2D eigenvalue weighted by molar-refractivity contribution is 5.96. The summed E-state index contributed by atoms with van der Waals surface area (Å²) >= 11 is 0. The third-order valence-electron chi connectivity index (χ3n) is 4.97. The Balaban J connectivity index is 1.67. The van der Waals surface area contributed by atoms with Crippen LogP contribution in [0.5, 0.6) is 11.5 Å². The fourth-order valence-corrected chi connectivity index (χ4v) is 3.32. The van der Waals surface area contributed by atoms with Gasteiger partial charge in [-0.1, -0.05) is 6.92 Å². The number of rotatable bonds is 6. The van der Waals surface area contributed by atoms with Crippen LogP contribution in [-0.2, 0) is 6.54 Å². The van der Waals surface area contributed by atoms with Gasteiger partial charge in [0.25, 0.3) is 17.4 Å². The van der Waals surface area contributed by atoms with Crippen molar-refractivity contribution in [1.29, 1.82) is 0 Å². The number of hydrogen-bond donors (Lipinski definition) is 0. The zero-order chi connectivity index (χ0) is 21.7. The lowest BCUT2D eigenvalue weighted by Crippen LogP contribution is -2.51. The maximum atomic E-state index is 12.9. The molecule has 2 aromatic rings. The van der Waals surface area contributed by atoms with E-state index in [0.717, 1.165) is 6.42 Å². The molecule has 1 fully saturated rings. The molecule has 2 heterocycles. The van der Waals surface area contributed by atoms with Crippen LogP contribution < -0.4 is 15.0 Å². The molecule has 9 nitrogen and oxygen atoms in total. The summed E-state index contributed by atoms with van der Waals surface area (Å²) in [4.78, 5) is 40.9. The Labute approximate surface area is 174 Å². The van der Waals surface area contributed by atoms with E-state index in [2.05, 4.69) is 5.10 Å². The fourth-order valence-electron chi connectivity index (χ4n) is 3.32. The van der Waals surface area contributed by atoms with Gasteiger partial charge in [0.2, 0.25) is 0 Å². The molecule has 1 aliphatic heterocycles. The second kappa shape index (κ2) is 9.43. The third kappa shape index (κ3) is 4.61. The average Bonchev–Trinajstić information content (AvgIpc) is 2.79. The van der Waals surface area contributed by atoms with E-state index in [1.54, 1.807) is 28.0 Å². The molecule has 0 atom stereocenters. The molecule has 0 radical (unpaired) electrons. The second-order valence-electron chi connectivity index (χ2n) is 6.97. The summed E-state index contributed by atoms with van der Waals surface area (Å²) in [5, 5.41) is 4.18. The lowest BCUT2D eigenvalue weighted by atomic mass is 10.1. The van der Waals surface area contributed by atoms with Crippen molar-refractivity contribution in [3.05, 3.63) is 51.9 Å². The van der Waals surface area contributed by atoms with Gasteiger partial charge in [-0.2, -0.15) is 5.10 Å². The Morgan fingerprint density at radius 3 is 2.03 bits per heavy atom. The van der Waals surface area contributed by atoms with E-state index in [1.165, 1.54) is 31.0 Å². The van der Waals surface area contributed by atoms with Crippen molar-refractivity contribution in [1.82, 2.24) is 19.6 Å². The Hall–Kier alpha value is -3.36. The van der Waals surface area contributed by atoms with Gasteiger partial charge in [-0.15, -0.1) is 0 Å². The van der Waals surface area contributed by atoms with E-state index in [-0.39, 0.29) is 23.1 Å². The molecule has 0 aliphatic carbocycles. The molecule has 0 unspecified atom stereocenters. The molecule has 0 saturated carbocycles. The molecule has 1 aliphatic rings. The number of aromatic nitrogens is 2. The van der Waals surface area contributed by atoms with Crippen LogP contribution in [0.1, 0.15) is 34.2 Å². The van der Waals surface area contributed by atoms with Gasteiger partial charge in [0, 0.05) is 50.4 Å². The summed E-state index contributed by atoms with van der Waals surface area (Å²) in [6.07, 6.45) is 0.750. The van der Waals surface area contributed by atoms with Crippen molar-refractivity contribution >= 4 is 11.8 Å². The number of hydrogen-bond acceptors (Lipinski definition) is 6. The summed E-state index contributed by atoms with van der Waals surface area (Å²) in [6.45, 7) is 3.99. The number of nitrogens with zero attached hydrogens (tertiary/aromatic N) is 4. The maximum absolute atomic E-state index is 12.9. The molecule has 9 heteroatoms. The zero-order valence-corrected chi connectivity index (χ0v) is 17.5. The van der Waals surface area contributed by atoms with Crippen molar-refractivity contribution in [2.75, 3.05) is 40.4 Å². The minimum atomic E-state index is -0.241. The molecular formula is C21H26N4O5. The van der Waals surface area contributed by atoms with E-state index in [0.29, 0.717) is 49.8 Å². The molecule has 1 aromatic heterocycles. The quantitative estimate of drug-likeness (QED) is 0.707. The fraction of sp³-hybridized carbons (Fsp3) is 0.429. The first-order chi connectivity index (χ1) is 14.5. The van der Waals surface area contributed by atoms with Gasteiger partial charge in [-0.3, -0.25) is 14.4 Å². The lowest BCUT2D eigenvalue weighted by molar-refractivity contribution is 0.0530. The highest BCUT2D eigenvalue weighted by atomic mass is 16.5. The normalized spacial score (nSPS) is 13.8. The summed E-state index contributed by atoms with van der Waals surface area (Å²) < 4.78 is 11.8. The third-order valence-corrected chi connectivity index (χ3v) is 4.97. The number of carbonyl (C=O) groups is 2. The molecule has 2 amide bonds. The molecule has 160 valence electrons. The number of piperazine rings is 1. The first-order valence-electron chi connectivity index (χ1n) is 9.86. The molecule has 0 spiro atoms. The molecule has 1 aromatic carbocycles. The van der Waals surface area contributed by atoms with Gasteiger partial charge in [0.1, 0.15) is 17.2 Å². The molecule has 30 heavy (non-hydrogen) atoms. The molecule has 1 saturated heterocycles. The van der Waals surface area contributed by atoms with Gasteiger partial charge >= 0.3 is 0 Å². The Morgan fingerprint density at radius 1 is 0.933 bits per heavy atom. The summed E-state index contributed by atoms with van der Waals surface area (Å²) in [5.74, 6) is 0.698. The Bertz CT molecular complexity index is 957. The van der Waals surface area contributed by atoms with Crippen molar-refractivity contribution in [2.24, 2.45) is 0 Å². The first-order valence-corrected chi connectivity index (χ1v) is 9.86. The largest absolute Gasteiger partial charge is 0.497 e. The average molecular weight is 414 g/mol. The Morgan fingerprint density at radius 2 is 1.50 bits per heavy atom. The SMILES string of the molecule is CCCn1nc(C(=O)N2CCN(C(=O)c3cc(OC)cc(OC)c3)CC2)ccc1=O. The van der Waals surface area contributed by atoms with Crippen LogP contribution in [0.15, 0.2) is 35.1 Å². The van der Waals surface area contributed by atoms with Gasteiger partial charge in [0.05, 0.1) is 14.2 Å². The van der Waals surface area contributed by atoms with Gasteiger partial charge in [-0.05, 0) is 24.6 Å². The predicted molar refractivity (Wildman–Crippen MR) is 110 cm³/mol. The van der Waals surface area contributed by atoms with E-state index in [9.17, 15) is 14.4 Å². The van der Waals surface area contributed by atoms with E-state index in [4.69, 9.17) is 9.47 Å². The number of amides is 2. The van der Waals surface area contributed by atoms with Crippen molar-refractivity contribution < 1.29 is 19.1 Å².